The van der Waals surface area contributed by atoms with Crippen molar-refractivity contribution in [3.8, 4) is 11.5 Å². The van der Waals surface area contributed by atoms with Crippen LogP contribution in [0.25, 0.3) is 0 Å². The largest absolute Gasteiger partial charge is 0.507 e. The Hall–Kier alpha value is -1.18. The monoisotopic (exact) mass is 270 g/mol. The number of hydrogen-bond donors (Lipinski definition) is 2. The van der Waals surface area contributed by atoms with E-state index >= 15 is 0 Å². The van der Waals surface area contributed by atoms with Crippen LogP contribution in [0, 0.1) is 0 Å². The molecule has 2 heteroatoms. The van der Waals surface area contributed by atoms with Crippen LogP contribution in [0.15, 0.2) is 0 Å². The summed E-state index contributed by atoms with van der Waals surface area (Å²) in [4.78, 5) is 0. The van der Waals surface area contributed by atoms with Crippen molar-refractivity contribution >= 4 is 0 Å². The Morgan fingerprint density at radius 1 is 0.450 bits per heavy atom. The zero-order valence-corrected chi connectivity index (χ0v) is 11.9. The van der Waals surface area contributed by atoms with E-state index in [0.29, 0.717) is 35.2 Å². The minimum atomic E-state index is 0.506. The number of aromatic hydroxyl groups is 2. The van der Waals surface area contributed by atoms with Crippen molar-refractivity contribution in [2.45, 2.75) is 75.0 Å². The van der Waals surface area contributed by atoms with E-state index in [-0.39, 0.29) is 0 Å². The maximum Gasteiger partial charge on any atom is 0.123 e. The van der Waals surface area contributed by atoms with Crippen molar-refractivity contribution in [3.05, 3.63) is 22.3 Å². The molecule has 20 heavy (non-hydrogen) atoms. The molecule has 0 heterocycles. The van der Waals surface area contributed by atoms with Crippen LogP contribution in [0.1, 0.15) is 97.3 Å². The molecule has 0 aliphatic heterocycles. The van der Waals surface area contributed by atoms with E-state index in [1.807, 2.05) is 0 Å². The molecule has 2 N–H and O–H groups in total. The van der Waals surface area contributed by atoms with Crippen LogP contribution in [0.5, 0.6) is 11.5 Å². The van der Waals surface area contributed by atoms with Crippen LogP contribution >= 0.6 is 0 Å². The molecule has 7 rings (SSSR count). The molecular formula is C18H22O2. The first kappa shape index (κ1) is 11.5. The van der Waals surface area contributed by atoms with Crippen LogP contribution in [0.3, 0.4) is 0 Å². The lowest BCUT2D eigenvalue weighted by molar-refractivity contribution is 0.298. The van der Waals surface area contributed by atoms with Gasteiger partial charge in [-0.05, 0) is 75.0 Å². The maximum atomic E-state index is 10.9. The lowest BCUT2D eigenvalue weighted by Gasteiger charge is -2.45. The second-order valence-corrected chi connectivity index (χ2v) is 7.45. The lowest BCUT2D eigenvalue weighted by Crippen LogP contribution is -2.27. The van der Waals surface area contributed by atoms with Gasteiger partial charge in [-0.2, -0.15) is 0 Å². The molecular weight excluding hydrogens is 248 g/mol. The first-order chi connectivity index (χ1) is 9.75. The van der Waals surface area contributed by atoms with Crippen LogP contribution in [0.4, 0.5) is 0 Å². The van der Waals surface area contributed by atoms with Gasteiger partial charge in [0.25, 0.3) is 0 Å². The summed E-state index contributed by atoms with van der Waals surface area (Å²) >= 11 is 0. The molecule has 0 amide bonds. The molecule has 2 saturated carbocycles. The number of fused-ring (bicyclic) bond motifs is 4. The van der Waals surface area contributed by atoms with E-state index in [1.54, 1.807) is 0 Å². The van der Waals surface area contributed by atoms with Crippen molar-refractivity contribution in [1.29, 1.82) is 0 Å². The molecule has 106 valence electrons. The van der Waals surface area contributed by atoms with E-state index in [9.17, 15) is 10.2 Å². The van der Waals surface area contributed by atoms with Gasteiger partial charge in [-0.25, -0.2) is 0 Å². The molecule has 0 radical (unpaired) electrons. The van der Waals surface area contributed by atoms with Gasteiger partial charge in [0, 0.05) is 22.3 Å². The Balaban J connectivity index is 1.85. The molecule has 0 spiro atoms. The smallest absolute Gasteiger partial charge is 0.123 e. The molecule has 0 atom stereocenters. The second-order valence-electron chi connectivity index (χ2n) is 7.45. The Labute approximate surface area is 119 Å². The Bertz CT molecular complexity index is 486. The van der Waals surface area contributed by atoms with E-state index in [2.05, 4.69) is 0 Å². The molecule has 2 fully saturated rings. The highest BCUT2D eigenvalue weighted by Gasteiger charge is 2.44. The average molecular weight is 270 g/mol. The summed E-state index contributed by atoms with van der Waals surface area (Å²) in [5.41, 5.74) is 4.60. The molecule has 0 saturated heterocycles. The third-order valence-corrected chi connectivity index (χ3v) is 6.69. The third kappa shape index (κ3) is 1.22. The zero-order chi connectivity index (χ0) is 13.4. The fourth-order valence-electron chi connectivity index (χ4n) is 5.79. The van der Waals surface area contributed by atoms with Crippen molar-refractivity contribution in [1.82, 2.24) is 0 Å². The van der Waals surface area contributed by atoms with Gasteiger partial charge >= 0.3 is 0 Å². The van der Waals surface area contributed by atoms with Crippen molar-refractivity contribution < 1.29 is 10.2 Å². The Kier molecular flexibility index (Phi) is 2.13. The summed E-state index contributed by atoms with van der Waals surface area (Å²) in [7, 11) is 0. The van der Waals surface area contributed by atoms with Gasteiger partial charge in [0.05, 0.1) is 0 Å². The van der Waals surface area contributed by atoms with Gasteiger partial charge in [0.2, 0.25) is 0 Å². The molecule has 2 nitrogen and oxygen atoms in total. The zero-order valence-electron chi connectivity index (χ0n) is 11.9. The first-order valence-corrected chi connectivity index (χ1v) is 8.37. The molecule has 6 aliphatic rings. The minimum absolute atomic E-state index is 0.506. The minimum Gasteiger partial charge on any atom is -0.507 e. The fraction of sp³-hybridized carbons (Fsp3) is 0.667. The molecule has 4 bridgehead atoms. The summed E-state index contributed by atoms with van der Waals surface area (Å²) in [6.45, 7) is 0. The number of benzene rings is 1. The van der Waals surface area contributed by atoms with Gasteiger partial charge in [0.1, 0.15) is 11.5 Å². The molecule has 1 aromatic rings. The summed E-state index contributed by atoms with van der Waals surface area (Å²) in [5, 5.41) is 21.9. The van der Waals surface area contributed by atoms with E-state index in [4.69, 9.17) is 0 Å². The van der Waals surface area contributed by atoms with Crippen LogP contribution < -0.4 is 0 Å². The summed E-state index contributed by atoms with van der Waals surface area (Å²) in [6, 6.07) is 0. The highest BCUT2D eigenvalue weighted by Crippen LogP contribution is 2.63. The molecule has 1 aromatic carbocycles. The standard InChI is InChI=1S/C18H22O2/c19-17-13-9-1-2-10(4-3-9)14(13)18(20)16-12-7-5-11(6-8-12)15(16)17/h9-12,19-20H,1-8H2. The van der Waals surface area contributed by atoms with Gasteiger partial charge in [-0.1, -0.05) is 0 Å². The number of phenolic OH excluding ortho intramolecular Hbond substituents is 2. The molecule has 0 unspecified atom stereocenters. The highest BCUT2D eigenvalue weighted by molar-refractivity contribution is 5.65. The van der Waals surface area contributed by atoms with Crippen molar-refractivity contribution in [2.75, 3.05) is 0 Å². The van der Waals surface area contributed by atoms with E-state index in [0.717, 1.165) is 22.3 Å². The normalized spacial score (nSPS) is 36.8. The number of rotatable bonds is 0. The van der Waals surface area contributed by atoms with Gasteiger partial charge in [-0.15, -0.1) is 0 Å². The lowest BCUT2D eigenvalue weighted by atomic mass is 9.60. The van der Waals surface area contributed by atoms with E-state index < -0.39 is 0 Å². The predicted octanol–water partition coefficient (Wildman–Crippen LogP) is 4.61. The number of phenols is 2. The first-order valence-electron chi connectivity index (χ1n) is 8.37. The molecule has 6 aliphatic carbocycles. The van der Waals surface area contributed by atoms with Gasteiger partial charge in [0.15, 0.2) is 0 Å². The molecule has 0 aromatic heterocycles. The fourth-order valence-corrected chi connectivity index (χ4v) is 5.79. The van der Waals surface area contributed by atoms with Crippen LogP contribution in [-0.4, -0.2) is 10.2 Å². The predicted molar refractivity (Wildman–Crippen MR) is 77.7 cm³/mol. The van der Waals surface area contributed by atoms with Gasteiger partial charge in [-0.3, -0.25) is 0 Å². The van der Waals surface area contributed by atoms with Crippen molar-refractivity contribution in [2.24, 2.45) is 0 Å². The Morgan fingerprint density at radius 2 is 0.650 bits per heavy atom. The number of hydrogen-bond acceptors (Lipinski definition) is 2. The summed E-state index contributed by atoms with van der Waals surface area (Å²) < 4.78 is 0. The van der Waals surface area contributed by atoms with Crippen LogP contribution in [-0.2, 0) is 0 Å². The van der Waals surface area contributed by atoms with Crippen molar-refractivity contribution in [3.63, 3.8) is 0 Å². The topological polar surface area (TPSA) is 40.5 Å². The third-order valence-electron chi connectivity index (χ3n) is 6.69. The summed E-state index contributed by atoms with van der Waals surface area (Å²) in [6.07, 6.45) is 9.65. The maximum absolute atomic E-state index is 10.9. The SMILES string of the molecule is Oc1c2c(c(O)c3c1C1CCC3CC1)C1CCC2CC1. The highest BCUT2D eigenvalue weighted by atomic mass is 16.3. The van der Waals surface area contributed by atoms with Gasteiger partial charge < -0.3 is 10.2 Å². The quantitative estimate of drug-likeness (QED) is 0.676. The summed E-state index contributed by atoms with van der Waals surface area (Å²) in [5.74, 6) is 3.21. The average Bonchev–Trinajstić information content (AvgIpc) is 2.53. The van der Waals surface area contributed by atoms with Crippen LogP contribution in [0.2, 0.25) is 0 Å². The Morgan fingerprint density at radius 3 is 0.850 bits per heavy atom. The second kappa shape index (κ2) is 3.72. The van der Waals surface area contributed by atoms with E-state index in [1.165, 1.54) is 51.4 Å².